The lowest BCUT2D eigenvalue weighted by Crippen LogP contribution is -2.48. The molecule has 0 aliphatic heterocycles. The van der Waals surface area contributed by atoms with Crippen LogP contribution in [-0.4, -0.2) is 46.2 Å². The van der Waals surface area contributed by atoms with Crippen molar-refractivity contribution in [1.82, 2.24) is 5.32 Å². The number of rotatable bonds is 1. The highest BCUT2D eigenvalue weighted by molar-refractivity contribution is 5.68. The second-order valence-corrected chi connectivity index (χ2v) is 6.35. The molecule has 0 heterocycles. The summed E-state index contributed by atoms with van der Waals surface area (Å²) in [7, 11) is 0. The van der Waals surface area contributed by atoms with Crippen molar-refractivity contribution in [3.05, 3.63) is 0 Å². The third kappa shape index (κ3) is 7.67. The monoisotopic (exact) mass is 290 g/mol. The summed E-state index contributed by atoms with van der Waals surface area (Å²) in [5.74, 6) is 0. The summed E-state index contributed by atoms with van der Waals surface area (Å²) >= 11 is 0. The molecule has 2 saturated carbocycles. The Kier molecular flexibility index (Phi) is 7.47. The minimum atomic E-state index is -0.452. The van der Waals surface area contributed by atoms with Crippen LogP contribution in [-0.2, 0) is 4.74 Å². The highest BCUT2D eigenvalue weighted by atomic mass is 16.6. The molecule has 1 amide bonds. The molecular weight excluding hydrogens is 260 g/mol. The third-order valence-corrected chi connectivity index (χ3v) is 2.98. The van der Waals surface area contributed by atoms with Crippen LogP contribution in [0.5, 0.6) is 0 Å². The van der Waals surface area contributed by atoms with Gasteiger partial charge in [-0.25, -0.2) is 4.79 Å². The van der Waals surface area contributed by atoms with E-state index in [1.807, 2.05) is 20.8 Å². The first-order chi connectivity index (χ1) is 8.65. The summed E-state index contributed by atoms with van der Waals surface area (Å²) in [5.41, 5.74) is 4.86. The van der Waals surface area contributed by atoms with Gasteiger partial charge in [0.15, 0.2) is 0 Å². The molecule has 0 bridgehead atoms. The Bertz CT molecular complexity index is 286. The number of hydrogen-bond acceptors (Lipinski definition) is 5. The van der Waals surface area contributed by atoms with Gasteiger partial charge in [0.25, 0.3) is 0 Å². The number of carbonyl (C=O) groups excluding carboxylic acids is 1. The number of aliphatic hydroxyl groups excluding tert-OH is 2. The molecule has 0 unspecified atom stereocenters. The molecule has 0 aromatic carbocycles. The van der Waals surface area contributed by atoms with Crippen molar-refractivity contribution in [2.75, 3.05) is 0 Å². The standard InChI is InChI=1S/C9H17NO3.C4H9NO.CH4/c1-9(2,3)13-8(12)10-6-4-7(11)5-6;5-3-1-4(6)2-3;/h6-7,11H,4-5H2,1-3H3,(H,10,12);3-4,6H,1-2,5H2;1H4. The van der Waals surface area contributed by atoms with Gasteiger partial charge in [0.05, 0.1) is 12.2 Å². The van der Waals surface area contributed by atoms with Crippen LogP contribution in [0.25, 0.3) is 0 Å². The largest absolute Gasteiger partial charge is 0.444 e. The fourth-order valence-electron chi connectivity index (χ4n) is 1.81. The van der Waals surface area contributed by atoms with Crippen LogP contribution in [0.1, 0.15) is 53.9 Å². The quantitative estimate of drug-likeness (QED) is 0.579. The van der Waals surface area contributed by atoms with Crippen molar-refractivity contribution in [3.8, 4) is 0 Å². The summed E-state index contributed by atoms with van der Waals surface area (Å²) in [6.07, 6.45) is 2.16. The number of amides is 1. The van der Waals surface area contributed by atoms with Crippen LogP contribution >= 0.6 is 0 Å². The van der Waals surface area contributed by atoms with Gasteiger partial charge in [-0.2, -0.15) is 0 Å². The number of aliphatic hydroxyl groups is 2. The van der Waals surface area contributed by atoms with E-state index in [1.54, 1.807) is 0 Å². The van der Waals surface area contributed by atoms with Gasteiger partial charge in [-0.1, -0.05) is 7.43 Å². The maximum Gasteiger partial charge on any atom is 0.407 e. The topological polar surface area (TPSA) is 105 Å². The van der Waals surface area contributed by atoms with Crippen molar-refractivity contribution in [1.29, 1.82) is 0 Å². The first-order valence-corrected chi connectivity index (χ1v) is 6.77. The summed E-state index contributed by atoms with van der Waals surface area (Å²) < 4.78 is 5.05. The smallest absolute Gasteiger partial charge is 0.407 e. The van der Waals surface area contributed by atoms with Gasteiger partial charge in [0, 0.05) is 12.1 Å². The van der Waals surface area contributed by atoms with Crippen molar-refractivity contribution < 1.29 is 19.7 Å². The highest BCUT2D eigenvalue weighted by Gasteiger charge is 2.29. The summed E-state index contributed by atoms with van der Waals surface area (Å²) in [4.78, 5) is 11.2. The van der Waals surface area contributed by atoms with E-state index in [0.717, 1.165) is 12.8 Å². The molecule has 6 nitrogen and oxygen atoms in total. The van der Waals surface area contributed by atoms with Crippen molar-refractivity contribution in [2.45, 2.75) is 83.8 Å². The van der Waals surface area contributed by atoms with E-state index < -0.39 is 11.7 Å². The van der Waals surface area contributed by atoms with Gasteiger partial charge in [0.2, 0.25) is 0 Å². The Morgan fingerprint density at radius 2 is 1.60 bits per heavy atom. The zero-order valence-electron chi connectivity index (χ0n) is 11.9. The molecular formula is C14H30N2O4. The van der Waals surface area contributed by atoms with Gasteiger partial charge >= 0.3 is 6.09 Å². The van der Waals surface area contributed by atoms with Crippen LogP contribution in [0.15, 0.2) is 0 Å². The third-order valence-electron chi connectivity index (χ3n) is 2.98. The Balaban J connectivity index is 0.000000434. The van der Waals surface area contributed by atoms with Crippen LogP contribution in [0.4, 0.5) is 4.79 Å². The van der Waals surface area contributed by atoms with E-state index in [2.05, 4.69) is 5.32 Å². The molecule has 0 saturated heterocycles. The van der Waals surface area contributed by atoms with Gasteiger partial charge in [0.1, 0.15) is 5.60 Å². The molecule has 2 fully saturated rings. The fraction of sp³-hybridized carbons (Fsp3) is 0.929. The average Bonchev–Trinajstić information content (AvgIpc) is 2.11. The molecule has 0 spiro atoms. The van der Waals surface area contributed by atoms with Gasteiger partial charge in [-0.05, 0) is 46.5 Å². The maximum absolute atomic E-state index is 11.2. The maximum atomic E-state index is 11.2. The lowest BCUT2D eigenvalue weighted by molar-refractivity contribution is 0.0304. The molecule has 0 radical (unpaired) electrons. The second kappa shape index (κ2) is 7.81. The lowest BCUT2D eigenvalue weighted by Gasteiger charge is -2.32. The van der Waals surface area contributed by atoms with E-state index in [-0.39, 0.29) is 25.7 Å². The number of alkyl carbamates (subject to hydrolysis) is 1. The predicted molar refractivity (Wildman–Crippen MR) is 78.3 cm³/mol. The molecule has 0 aromatic rings. The highest BCUT2D eigenvalue weighted by Crippen LogP contribution is 2.19. The van der Waals surface area contributed by atoms with Crippen LogP contribution in [0.2, 0.25) is 0 Å². The van der Waals surface area contributed by atoms with Gasteiger partial charge < -0.3 is 26.0 Å². The van der Waals surface area contributed by atoms with E-state index >= 15 is 0 Å². The number of ether oxygens (including phenoxy) is 1. The first-order valence-electron chi connectivity index (χ1n) is 6.77. The van der Waals surface area contributed by atoms with Crippen molar-refractivity contribution >= 4 is 6.09 Å². The summed E-state index contributed by atoms with van der Waals surface area (Å²) in [6.45, 7) is 5.46. The van der Waals surface area contributed by atoms with E-state index in [9.17, 15) is 4.79 Å². The average molecular weight is 290 g/mol. The molecule has 6 heteroatoms. The second-order valence-electron chi connectivity index (χ2n) is 6.35. The van der Waals surface area contributed by atoms with Gasteiger partial charge in [-0.15, -0.1) is 0 Å². The van der Waals surface area contributed by atoms with Crippen molar-refractivity contribution in [2.24, 2.45) is 5.73 Å². The molecule has 2 aliphatic carbocycles. The van der Waals surface area contributed by atoms with Crippen LogP contribution in [0.3, 0.4) is 0 Å². The minimum absolute atomic E-state index is 0. The summed E-state index contributed by atoms with van der Waals surface area (Å²) in [6, 6.07) is 0.379. The SMILES string of the molecule is C.CC(C)(C)OC(=O)NC1CC(O)C1.NC1CC(O)C1. The molecule has 120 valence electrons. The first kappa shape index (κ1) is 19.1. The number of carbonyl (C=O) groups is 1. The fourth-order valence-corrected chi connectivity index (χ4v) is 1.81. The Labute approximate surface area is 121 Å². The zero-order chi connectivity index (χ0) is 14.6. The minimum Gasteiger partial charge on any atom is -0.444 e. The number of nitrogens with one attached hydrogen (secondary N) is 1. The Hall–Kier alpha value is -0.850. The van der Waals surface area contributed by atoms with E-state index in [4.69, 9.17) is 20.7 Å². The molecule has 0 atom stereocenters. The Morgan fingerprint density at radius 3 is 1.85 bits per heavy atom. The molecule has 20 heavy (non-hydrogen) atoms. The van der Waals surface area contributed by atoms with Gasteiger partial charge in [-0.3, -0.25) is 0 Å². The molecule has 0 aromatic heterocycles. The zero-order valence-corrected chi connectivity index (χ0v) is 11.9. The Morgan fingerprint density at radius 1 is 1.15 bits per heavy atom. The molecule has 2 aliphatic rings. The van der Waals surface area contributed by atoms with E-state index in [1.165, 1.54) is 0 Å². The molecule has 2 rings (SSSR count). The predicted octanol–water partition coefficient (Wildman–Crippen LogP) is 1.14. The van der Waals surface area contributed by atoms with Crippen molar-refractivity contribution in [3.63, 3.8) is 0 Å². The van der Waals surface area contributed by atoms with E-state index in [0.29, 0.717) is 18.9 Å². The summed E-state index contributed by atoms with van der Waals surface area (Å²) in [5, 5.41) is 20.2. The number of nitrogens with two attached hydrogens (primary N) is 1. The molecule has 5 N–H and O–H groups in total. The number of hydrogen-bond donors (Lipinski definition) is 4. The van der Waals surface area contributed by atoms with Crippen LogP contribution < -0.4 is 11.1 Å². The lowest BCUT2D eigenvalue weighted by atomic mass is 9.90. The normalized spacial score (nSPS) is 31.5. The van der Waals surface area contributed by atoms with Crippen LogP contribution in [0, 0.1) is 0 Å².